The quantitative estimate of drug-likeness (QED) is 0.709. The number of hydrogen-bond donors (Lipinski definition) is 0. The number of hydrogen-bond acceptors (Lipinski definition) is 2. The highest BCUT2D eigenvalue weighted by molar-refractivity contribution is 14.1. The summed E-state index contributed by atoms with van der Waals surface area (Å²) in [6.45, 7) is 0.618. The van der Waals surface area contributed by atoms with Gasteiger partial charge >= 0.3 is 0 Å². The summed E-state index contributed by atoms with van der Waals surface area (Å²) >= 11 is 8.18. The van der Waals surface area contributed by atoms with Crippen molar-refractivity contribution in [2.75, 3.05) is 20.6 Å². The number of likely N-dealkylation sites (tertiary alicyclic amines) is 1. The molecule has 1 heterocycles. The number of likely N-dealkylation sites (N-methyl/N-ethyl adjacent to an activating group) is 1. The van der Waals surface area contributed by atoms with Gasteiger partial charge in [0.25, 0.3) is 5.91 Å². The maximum atomic E-state index is 12.5. The minimum absolute atomic E-state index is 0.0209. The second kappa shape index (κ2) is 6.30. The van der Waals surface area contributed by atoms with Gasteiger partial charge in [-0.25, -0.2) is 0 Å². The summed E-state index contributed by atoms with van der Waals surface area (Å²) in [4.78, 5) is 27.9. The molecule has 0 saturated carbocycles. The number of rotatable bonds is 2. The molecule has 1 aromatic carbocycles. The molecule has 0 aliphatic carbocycles. The summed E-state index contributed by atoms with van der Waals surface area (Å²) in [5.74, 6) is -0.145. The highest BCUT2D eigenvalue weighted by Crippen LogP contribution is 2.24. The molecule has 0 aromatic heterocycles. The first-order chi connectivity index (χ1) is 9.41. The van der Waals surface area contributed by atoms with Crippen LogP contribution in [0.25, 0.3) is 0 Å². The third-order valence-electron chi connectivity index (χ3n) is 3.41. The van der Waals surface area contributed by atoms with Crippen LogP contribution in [-0.4, -0.2) is 48.3 Å². The van der Waals surface area contributed by atoms with Crippen LogP contribution in [0.3, 0.4) is 0 Å². The topological polar surface area (TPSA) is 40.6 Å². The minimum atomic E-state index is -0.351. The van der Waals surface area contributed by atoms with Gasteiger partial charge in [0.1, 0.15) is 6.04 Å². The first-order valence-electron chi connectivity index (χ1n) is 6.39. The number of halogens is 2. The monoisotopic (exact) mass is 406 g/mol. The zero-order valence-electron chi connectivity index (χ0n) is 11.4. The lowest BCUT2D eigenvalue weighted by Gasteiger charge is -2.26. The molecule has 2 amide bonds. The first-order valence-corrected chi connectivity index (χ1v) is 7.84. The molecule has 1 aliphatic rings. The van der Waals surface area contributed by atoms with Crippen LogP contribution in [0.2, 0.25) is 5.02 Å². The van der Waals surface area contributed by atoms with Gasteiger partial charge in [-0.05, 0) is 53.6 Å². The molecule has 0 spiro atoms. The van der Waals surface area contributed by atoms with E-state index in [2.05, 4.69) is 22.6 Å². The smallest absolute Gasteiger partial charge is 0.254 e. The van der Waals surface area contributed by atoms with Crippen LogP contribution in [0.1, 0.15) is 23.2 Å². The summed E-state index contributed by atoms with van der Waals surface area (Å²) in [6, 6.07) is 4.89. The molecule has 0 N–H and O–H groups in total. The Morgan fingerprint density at radius 1 is 1.40 bits per heavy atom. The SMILES string of the molecule is CN(C)C(=O)C1CCCN1C(=O)c1ccc(I)c(Cl)c1. The Labute approximate surface area is 137 Å². The van der Waals surface area contributed by atoms with E-state index >= 15 is 0 Å². The largest absolute Gasteiger partial charge is 0.347 e. The summed E-state index contributed by atoms with van der Waals surface area (Å²) in [7, 11) is 3.43. The molecule has 1 unspecified atom stereocenters. The summed E-state index contributed by atoms with van der Waals surface area (Å²) in [5.41, 5.74) is 0.536. The van der Waals surface area contributed by atoms with Crippen molar-refractivity contribution in [3.05, 3.63) is 32.4 Å². The maximum absolute atomic E-state index is 12.5. The van der Waals surface area contributed by atoms with Crippen LogP contribution in [0, 0.1) is 3.57 Å². The Kier molecular flexibility index (Phi) is 4.90. The van der Waals surface area contributed by atoms with Crippen molar-refractivity contribution in [3.63, 3.8) is 0 Å². The lowest BCUT2D eigenvalue weighted by Crippen LogP contribution is -2.45. The van der Waals surface area contributed by atoms with Gasteiger partial charge in [-0.1, -0.05) is 11.6 Å². The average Bonchev–Trinajstić information content (AvgIpc) is 2.89. The van der Waals surface area contributed by atoms with Crippen molar-refractivity contribution in [1.82, 2.24) is 9.80 Å². The van der Waals surface area contributed by atoms with Crippen LogP contribution in [0.5, 0.6) is 0 Å². The molecule has 2 rings (SSSR count). The number of carbonyl (C=O) groups is 2. The fourth-order valence-electron chi connectivity index (χ4n) is 2.36. The van der Waals surface area contributed by atoms with E-state index in [4.69, 9.17) is 11.6 Å². The third-order valence-corrected chi connectivity index (χ3v) is 4.98. The van der Waals surface area contributed by atoms with E-state index in [9.17, 15) is 9.59 Å². The van der Waals surface area contributed by atoms with Crippen LogP contribution in [0.4, 0.5) is 0 Å². The molecule has 1 aromatic rings. The molecular formula is C14H16ClIN2O2. The Bertz CT molecular complexity index is 548. The summed E-state index contributed by atoms with van der Waals surface area (Å²) in [5, 5.41) is 0.561. The molecule has 20 heavy (non-hydrogen) atoms. The molecule has 1 saturated heterocycles. The van der Waals surface area contributed by atoms with E-state index in [1.807, 2.05) is 6.07 Å². The fourth-order valence-corrected chi connectivity index (χ4v) is 2.88. The van der Waals surface area contributed by atoms with Gasteiger partial charge in [-0.3, -0.25) is 9.59 Å². The van der Waals surface area contributed by atoms with E-state index in [1.165, 1.54) is 4.90 Å². The van der Waals surface area contributed by atoms with E-state index in [0.717, 1.165) is 16.4 Å². The molecule has 108 valence electrons. The normalized spacial score (nSPS) is 18.2. The number of nitrogens with zero attached hydrogens (tertiary/aromatic N) is 2. The van der Waals surface area contributed by atoms with Crippen molar-refractivity contribution in [2.24, 2.45) is 0 Å². The van der Waals surface area contributed by atoms with E-state index in [1.54, 1.807) is 31.1 Å². The predicted octanol–water partition coefficient (Wildman–Crippen LogP) is 2.64. The first kappa shape index (κ1) is 15.6. The van der Waals surface area contributed by atoms with Gasteiger partial charge in [0, 0.05) is 29.8 Å². The molecule has 6 heteroatoms. The number of carbonyl (C=O) groups excluding carboxylic acids is 2. The zero-order valence-corrected chi connectivity index (χ0v) is 14.3. The van der Waals surface area contributed by atoms with Gasteiger partial charge in [-0.2, -0.15) is 0 Å². The average molecular weight is 407 g/mol. The Morgan fingerprint density at radius 2 is 2.10 bits per heavy atom. The Balaban J connectivity index is 2.23. The zero-order chi connectivity index (χ0) is 14.9. The van der Waals surface area contributed by atoms with Crippen LogP contribution < -0.4 is 0 Å². The molecular weight excluding hydrogens is 391 g/mol. The molecule has 4 nitrogen and oxygen atoms in total. The second-order valence-electron chi connectivity index (χ2n) is 5.02. The second-order valence-corrected chi connectivity index (χ2v) is 6.59. The van der Waals surface area contributed by atoms with Crippen LogP contribution in [-0.2, 0) is 4.79 Å². The molecule has 0 bridgehead atoms. The molecule has 1 fully saturated rings. The van der Waals surface area contributed by atoms with Gasteiger partial charge in [-0.15, -0.1) is 0 Å². The van der Waals surface area contributed by atoms with E-state index in [0.29, 0.717) is 17.1 Å². The van der Waals surface area contributed by atoms with E-state index in [-0.39, 0.29) is 17.9 Å². The van der Waals surface area contributed by atoms with Gasteiger partial charge in [0.15, 0.2) is 0 Å². The molecule has 0 radical (unpaired) electrons. The number of benzene rings is 1. The lowest BCUT2D eigenvalue weighted by molar-refractivity contribution is -0.132. The van der Waals surface area contributed by atoms with Crippen molar-refractivity contribution in [3.8, 4) is 0 Å². The summed E-state index contributed by atoms with van der Waals surface area (Å²) < 4.78 is 0.906. The molecule has 1 aliphatic heterocycles. The maximum Gasteiger partial charge on any atom is 0.254 e. The standard InChI is InChI=1S/C14H16ClIN2O2/c1-17(2)14(20)12-4-3-7-18(12)13(19)9-5-6-11(16)10(15)8-9/h5-6,8,12H,3-4,7H2,1-2H3. The van der Waals surface area contributed by atoms with Crippen molar-refractivity contribution >= 4 is 46.0 Å². The lowest BCUT2D eigenvalue weighted by atomic mass is 10.1. The third kappa shape index (κ3) is 3.09. The van der Waals surface area contributed by atoms with Crippen LogP contribution >= 0.6 is 34.2 Å². The Hall–Kier alpha value is -0.820. The van der Waals surface area contributed by atoms with Crippen molar-refractivity contribution < 1.29 is 9.59 Å². The highest BCUT2D eigenvalue weighted by atomic mass is 127. The van der Waals surface area contributed by atoms with Gasteiger partial charge in [0.05, 0.1) is 5.02 Å². The highest BCUT2D eigenvalue weighted by Gasteiger charge is 2.35. The van der Waals surface area contributed by atoms with Crippen molar-refractivity contribution in [1.29, 1.82) is 0 Å². The van der Waals surface area contributed by atoms with Gasteiger partial charge < -0.3 is 9.80 Å². The predicted molar refractivity (Wildman–Crippen MR) is 86.9 cm³/mol. The fraction of sp³-hybridized carbons (Fsp3) is 0.429. The number of amides is 2. The van der Waals surface area contributed by atoms with E-state index < -0.39 is 0 Å². The van der Waals surface area contributed by atoms with Crippen molar-refractivity contribution in [2.45, 2.75) is 18.9 Å². The van der Waals surface area contributed by atoms with Gasteiger partial charge in [0.2, 0.25) is 5.91 Å². The van der Waals surface area contributed by atoms with Crippen LogP contribution in [0.15, 0.2) is 18.2 Å². The molecule has 1 atom stereocenters. The summed E-state index contributed by atoms with van der Waals surface area (Å²) in [6.07, 6.45) is 1.58. The minimum Gasteiger partial charge on any atom is -0.347 e. The Morgan fingerprint density at radius 3 is 2.70 bits per heavy atom.